The van der Waals surface area contributed by atoms with Gasteiger partial charge in [-0.1, -0.05) is 140 Å². The highest BCUT2D eigenvalue weighted by molar-refractivity contribution is 7.26. The minimum Gasteiger partial charge on any atom is -0.308 e. The first-order valence-electron chi connectivity index (χ1n) is 20.4. The molecule has 276 valence electrons. The summed E-state index contributed by atoms with van der Waals surface area (Å²) >= 11 is 1.78. The highest BCUT2D eigenvalue weighted by Crippen LogP contribution is 2.49. The molecule has 60 heavy (non-hydrogen) atoms. The van der Waals surface area contributed by atoms with Gasteiger partial charge in [0.05, 0.1) is 48.8 Å². The third kappa shape index (κ3) is 3.74. The van der Waals surface area contributed by atoms with Crippen LogP contribution in [-0.2, 0) is 0 Å². The zero-order valence-electron chi connectivity index (χ0n) is 31.9. The number of thiophene rings is 1. The molecule has 6 heteroatoms. The molecule has 6 heterocycles. The molecule has 0 N–H and O–H groups in total. The van der Waals surface area contributed by atoms with Crippen LogP contribution >= 0.6 is 11.3 Å². The maximum atomic E-state index is 5.86. The van der Waals surface area contributed by atoms with Gasteiger partial charge in [0.15, 0.2) is 5.82 Å². The van der Waals surface area contributed by atoms with Crippen LogP contribution in [0, 0.1) is 0 Å². The van der Waals surface area contributed by atoms with E-state index in [4.69, 9.17) is 9.97 Å². The van der Waals surface area contributed by atoms with Crippen LogP contribution < -0.4 is 0 Å². The van der Waals surface area contributed by atoms with E-state index < -0.39 is 0 Å². The SMILES string of the molecule is c1ccc2c(c1)ccc1c2c2ccccc2n1-c1nc(-n2c3c4ccccc4ccc3c3cc4c5ccccc5n5c6ccccc6c(c32)c45)c2sc3ccccc3c2n1. The van der Waals surface area contributed by atoms with Crippen molar-refractivity contribution in [3.05, 3.63) is 176 Å². The van der Waals surface area contributed by atoms with Gasteiger partial charge in [0.2, 0.25) is 5.95 Å². The second-order valence-electron chi connectivity index (χ2n) is 16.1. The van der Waals surface area contributed by atoms with Crippen molar-refractivity contribution in [3.8, 4) is 11.8 Å². The standard InChI is InChI=1S/C54H29N5S/c1-3-15-32-30(13-1)26-28-44-46(32)36-18-6-11-23-43(36)58(44)54-55-48-38-20-8-12-24-45(38)60-52(48)53(56-54)59-49-33-16-4-2-14-31(33)25-27-35(49)40-29-39-34-17-5-9-21-41(34)57-42-22-10-7-19-37(42)47(50(39)57)51(40)59/h1-29H. The normalized spacial score (nSPS) is 12.7. The summed E-state index contributed by atoms with van der Waals surface area (Å²) in [7, 11) is 0. The van der Waals surface area contributed by atoms with Gasteiger partial charge in [0, 0.05) is 58.6 Å². The summed E-state index contributed by atoms with van der Waals surface area (Å²) in [4.78, 5) is 11.4. The summed E-state index contributed by atoms with van der Waals surface area (Å²) in [5, 5.41) is 15.8. The molecule has 0 aliphatic heterocycles. The van der Waals surface area contributed by atoms with Crippen LogP contribution in [0.5, 0.6) is 0 Å². The van der Waals surface area contributed by atoms with Crippen molar-refractivity contribution in [1.29, 1.82) is 0 Å². The Balaban J connectivity index is 1.21. The second-order valence-corrected chi connectivity index (χ2v) is 17.1. The highest BCUT2D eigenvalue weighted by Gasteiger charge is 2.28. The quantitative estimate of drug-likeness (QED) is 0.175. The van der Waals surface area contributed by atoms with Crippen LogP contribution in [0.15, 0.2) is 176 Å². The number of aromatic nitrogens is 5. The second kappa shape index (κ2) is 11.0. The number of hydrogen-bond donors (Lipinski definition) is 0. The van der Waals surface area contributed by atoms with Gasteiger partial charge in [0.25, 0.3) is 0 Å². The van der Waals surface area contributed by atoms with Crippen LogP contribution in [0.4, 0.5) is 0 Å². The van der Waals surface area contributed by atoms with Crippen LogP contribution in [-0.4, -0.2) is 23.5 Å². The zero-order chi connectivity index (χ0) is 38.8. The minimum absolute atomic E-state index is 0.657. The molecule has 0 spiro atoms. The Morgan fingerprint density at radius 1 is 0.367 bits per heavy atom. The molecule has 15 aromatic rings. The van der Waals surface area contributed by atoms with Gasteiger partial charge in [-0.2, -0.15) is 4.98 Å². The van der Waals surface area contributed by atoms with E-state index in [0.717, 1.165) is 38.0 Å². The Labute approximate surface area is 344 Å². The molecular formula is C54H29N5S. The van der Waals surface area contributed by atoms with Crippen LogP contribution in [0.25, 0.3) is 135 Å². The Kier molecular flexibility index (Phi) is 5.74. The lowest BCUT2D eigenvalue weighted by Crippen LogP contribution is -2.06. The lowest BCUT2D eigenvalue weighted by Gasteiger charge is -2.14. The molecule has 6 aromatic heterocycles. The van der Waals surface area contributed by atoms with Crippen LogP contribution in [0.1, 0.15) is 0 Å². The molecule has 0 bridgehead atoms. The molecule has 0 aliphatic rings. The zero-order valence-corrected chi connectivity index (χ0v) is 32.7. The predicted octanol–water partition coefficient (Wildman–Crippen LogP) is 14.5. The topological polar surface area (TPSA) is 40.0 Å². The van der Waals surface area contributed by atoms with Crippen molar-refractivity contribution in [1.82, 2.24) is 23.5 Å². The van der Waals surface area contributed by atoms with Crippen LogP contribution in [0.2, 0.25) is 0 Å². The van der Waals surface area contributed by atoms with Gasteiger partial charge in [-0.25, -0.2) is 4.98 Å². The van der Waals surface area contributed by atoms with Crippen molar-refractivity contribution in [2.75, 3.05) is 0 Å². The molecule has 0 saturated heterocycles. The summed E-state index contributed by atoms with van der Waals surface area (Å²) in [5.74, 6) is 1.55. The molecule has 0 aliphatic carbocycles. The Morgan fingerprint density at radius 3 is 1.78 bits per heavy atom. The van der Waals surface area contributed by atoms with Gasteiger partial charge in [-0.05, 0) is 52.6 Å². The van der Waals surface area contributed by atoms with Crippen molar-refractivity contribution < 1.29 is 0 Å². The summed E-state index contributed by atoms with van der Waals surface area (Å²) in [6, 6.07) is 64.2. The van der Waals surface area contributed by atoms with E-state index >= 15 is 0 Å². The smallest absolute Gasteiger partial charge is 0.237 e. The third-order valence-electron chi connectivity index (χ3n) is 13.1. The molecule has 5 nitrogen and oxygen atoms in total. The van der Waals surface area contributed by atoms with E-state index in [1.54, 1.807) is 11.3 Å². The first-order chi connectivity index (χ1) is 29.8. The molecule has 0 atom stereocenters. The summed E-state index contributed by atoms with van der Waals surface area (Å²) < 4.78 is 9.55. The molecule has 15 rings (SSSR count). The molecule has 0 fully saturated rings. The Hall–Kier alpha value is -7.80. The number of nitrogens with zero attached hydrogens (tertiary/aromatic N) is 5. The van der Waals surface area contributed by atoms with E-state index in [2.05, 4.69) is 189 Å². The first kappa shape index (κ1) is 31.2. The average Bonchev–Trinajstić information content (AvgIpc) is 4.10. The number of hydrogen-bond acceptors (Lipinski definition) is 3. The highest BCUT2D eigenvalue weighted by atomic mass is 32.1. The first-order valence-corrected chi connectivity index (χ1v) is 21.2. The maximum absolute atomic E-state index is 5.86. The number of para-hydroxylation sites is 3. The van der Waals surface area contributed by atoms with Crippen LogP contribution in [0.3, 0.4) is 0 Å². The monoisotopic (exact) mass is 779 g/mol. The van der Waals surface area contributed by atoms with Gasteiger partial charge in [-0.15, -0.1) is 11.3 Å². The largest absolute Gasteiger partial charge is 0.308 e. The average molecular weight is 780 g/mol. The predicted molar refractivity (Wildman–Crippen MR) is 253 cm³/mol. The van der Waals surface area contributed by atoms with Crippen molar-refractivity contribution in [2.45, 2.75) is 0 Å². The molecule has 0 saturated carbocycles. The maximum Gasteiger partial charge on any atom is 0.237 e. The van der Waals surface area contributed by atoms with Crippen molar-refractivity contribution in [3.63, 3.8) is 0 Å². The van der Waals surface area contributed by atoms with Gasteiger partial charge in [0.1, 0.15) is 0 Å². The minimum atomic E-state index is 0.657. The van der Waals surface area contributed by atoms with Crippen molar-refractivity contribution in [2.24, 2.45) is 0 Å². The molecule has 0 amide bonds. The molecule has 9 aromatic carbocycles. The number of fused-ring (bicyclic) bond motifs is 20. The summed E-state index contributed by atoms with van der Waals surface area (Å²) in [6.07, 6.45) is 0. The Morgan fingerprint density at radius 2 is 0.967 bits per heavy atom. The van der Waals surface area contributed by atoms with E-state index in [-0.39, 0.29) is 0 Å². The Bertz CT molecular complexity index is 4370. The number of rotatable bonds is 2. The van der Waals surface area contributed by atoms with Gasteiger partial charge >= 0.3 is 0 Å². The molecule has 0 unspecified atom stereocenters. The number of benzene rings is 9. The van der Waals surface area contributed by atoms with Crippen molar-refractivity contribution >= 4 is 135 Å². The fourth-order valence-electron chi connectivity index (χ4n) is 10.7. The lowest BCUT2D eigenvalue weighted by atomic mass is 10.0. The third-order valence-corrected chi connectivity index (χ3v) is 14.3. The van der Waals surface area contributed by atoms with E-state index in [1.165, 1.54) is 91.4 Å². The van der Waals surface area contributed by atoms with E-state index in [9.17, 15) is 0 Å². The van der Waals surface area contributed by atoms with E-state index in [1.807, 2.05) is 0 Å². The lowest BCUT2D eigenvalue weighted by molar-refractivity contribution is 0.978. The summed E-state index contributed by atoms with van der Waals surface area (Å²) in [5.41, 5.74) is 9.14. The van der Waals surface area contributed by atoms with E-state index in [0.29, 0.717) is 5.95 Å². The molecular weight excluding hydrogens is 751 g/mol. The van der Waals surface area contributed by atoms with Gasteiger partial charge < -0.3 is 4.40 Å². The summed E-state index contributed by atoms with van der Waals surface area (Å²) in [6.45, 7) is 0. The fourth-order valence-corrected chi connectivity index (χ4v) is 11.9. The molecule has 0 radical (unpaired) electrons. The fraction of sp³-hybridized carbons (Fsp3) is 0. The van der Waals surface area contributed by atoms with Gasteiger partial charge in [-0.3, -0.25) is 9.13 Å².